The van der Waals surface area contributed by atoms with Crippen LogP contribution in [-0.2, 0) is 0 Å². The lowest BCUT2D eigenvalue weighted by atomic mass is 10.1. The van der Waals surface area contributed by atoms with Crippen molar-refractivity contribution in [1.29, 1.82) is 0 Å². The maximum atomic E-state index is 11.0. The van der Waals surface area contributed by atoms with Gasteiger partial charge in [-0.15, -0.1) is 0 Å². The first-order valence-electron chi connectivity index (χ1n) is 4.97. The molecule has 0 aliphatic carbocycles. The molecule has 1 aromatic carbocycles. The van der Waals surface area contributed by atoms with Crippen molar-refractivity contribution in [2.24, 2.45) is 0 Å². The Morgan fingerprint density at radius 2 is 2.00 bits per heavy atom. The van der Waals surface area contributed by atoms with Crippen LogP contribution in [0.15, 0.2) is 18.2 Å². The maximum Gasteiger partial charge on any atom is 0.337 e. The summed E-state index contributed by atoms with van der Waals surface area (Å²) in [6.07, 6.45) is 0. The summed E-state index contributed by atoms with van der Waals surface area (Å²) in [5, 5.41) is 9.03. The van der Waals surface area contributed by atoms with Gasteiger partial charge >= 0.3 is 5.97 Å². The molecule has 0 saturated heterocycles. The van der Waals surface area contributed by atoms with Crippen molar-refractivity contribution in [2.45, 2.75) is 13.8 Å². The molecule has 1 rings (SSSR count). The lowest BCUT2D eigenvalue weighted by Gasteiger charge is -2.23. The van der Waals surface area contributed by atoms with Crippen LogP contribution in [0.5, 0.6) is 0 Å². The Morgan fingerprint density at radius 3 is 2.47 bits per heavy atom. The second kappa shape index (κ2) is 4.68. The van der Waals surface area contributed by atoms with E-state index in [1.165, 1.54) is 0 Å². The molecular weight excluding hydrogens is 192 g/mol. The number of nitrogens with two attached hydrogens (primary N) is 1. The van der Waals surface area contributed by atoms with Crippen LogP contribution in [0.2, 0.25) is 0 Å². The minimum absolute atomic E-state index is 0.299. The van der Waals surface area contributed by atoms with E-state index in [1.54, 1.807) is 18.2 Å². The summed E-state index contributed by atoms with van der Waals surface area (Å²) in [5.41, 5.74) is 7.23. The summed E-state index contributed by atoms with van der Waals surface area (Å²) in [6.45, 7) is 5.50. The Balaban J connectivity index is 3.22. The minimum atomic E-state index is -0.920. The zero-order chi connectivity index (χ0) is 11.4. The SMILES string of the molecule is CCN(CC)c1cc(N)ccc1C(=O)O. The van der Waals surface area contributed by atoms with Crippen LogP contribution in [0.4, 0.5) is 11.4 Å². The predicted molar refractivity (Wildman–Crippen MR) is 61.4 cm³/mol. The zero-order valence-electron chi connectivity index (χ0n) is 9.03. The van der Waals surface area contributed by atoms with Gasteiger partial charge in [-0.05, 0) is 32.0 Å². The largest absolute Gasteiger partial charge is 0.478 e. The first kappa shape index (κ1) is 11.4. The molecule has 0 aromatic heterocycles. The number of rotatable bonds is 4. The fraction of sp³-hybridized carbons (Fsp3) is 0.364. The van der Waals surface area contributed by atoms with Crippen LogP contribution in [-0.4, -0.2) is 24.2 Å². The fourth-order valence-corrected chi connectivity index (χ4v) is 1.56. The second-order valence-corrected chi connectivity index (χ2v) is 3.25. The van der Waals surface area contributed by atoms with Crippen molar-refractivity contribution in [3.8, 4) is 0 Å². The molecule has 4 nitrogen and oxygen atoms in total. The summed E-state index contributed by atoms with van der Waals surface area (Å²) in [6, 6.07) is 4.86. The number of carbonyl (C=O) groups is 1. The molecule has 0 heterocycles. The molecular formula is C11H16N2O2. The molecule has 4 heteroatoms. The van der Waals surface area contributed by atoms with E-state index in [9.17, 15) is 4.79 Å². The van der Waals surface area contributed by atoms with Crippen LogP contribution in [0, 0.1) is 0 Å². The van der Waals surface area contributed by atoms with Crippen molar-refractivity contribution < 1.29 is 9.90 Å². The van der Waals surface area contributed by atoms with Gasteiger partial charge in [0.2, 0.25) is 0 Å². The number of anilines is 2. The third-order valence-electron chi connectivity index (χ3n) is 2.36. The van der Waals surface area contributed by atoms with Crippen LogP contribution in [0.3, 0.4) is 0 Å². The van der Waals surface area contributed by atoms with E-state index in [4.69, 9.17) is 10.8 Å². The van der Waals surface area contributed by atoms with E-state index in [0.717, 1.165) is 13.1 Å². The van der Waals surface area contributed by atoms with Gasteiger partial charge in [0, 0.05) is 18.8 Å². The first-order valence-corrected chi connectivity index (χ1v) is 4.97. The molecule has 0 aliphatic heterocycles. The number of carboxylic acids is 1. The van der Waals surface area contributed by atoms with Crippen LogP contribution in [0.25, 0.3) is 0 Å². The highest BCUT2D eigenvalue weighted by molar-refractivity contribution is 5.95. The first-order chi connectivity index (χ1) is 7.10. The van der Waals surface area contributed by atoms with Gasteiger partial charge in [0.1, 0.15) is 0 Å². The number of nitrogen functional groups attached to an aromatic ring is 1. The Hall–Kier alpha value is -1.71. The highest BCUT2D eigenvalue weighted by atomic mass is 16.4. The highest BCUT2D eigenvalue weighted by Crippen LogP contribution is 2.23. The Labute approximate surface area is 89.3 Å². The third kappa shape index (κ3) is 2.40. The molecule has 0 saturated carbocycles. The Bertz CT molecular complexity index is 360. The standard InChI is InChI=1S/C11H16N2O2/c1-3-13(4-2)10-7-8(12)5-6-9(10)11(14)15/h5-7H,3-4,12H2,1-2H3,(H,14,15). The predicted octanol–water partition coefficient (Wildman–Crippen LogP) is 1.81. The summed E-state index contributed by atoms with van der Waals surface area (Å²) in [4.78, 5) is 13.0. The molecule has 3 N–H and O–H groups in total. The van der Waals surface area contributed by atoms with Gasteiger partial charge in [-0.2, -0.15) is 0 Å². The van der Waals surface area contributed by atoms with Crippen molar-refractivity contribution >= 4 is 17.3 Å². The van der Waals surface area contributed by atoms with E-state index in [-0.39, 0.29) is 0 Å². The molecule has 0 spiro atoms. The molecule has 0 radical (unpaired) electrons. The summed E-state index contributed by atoms with van der Waals surface area (Å²) in [5.74, 6) is -0.920. The lowest BCUT2D eigenvalue weighted by Crippen LogP contribution is -2.24. The Kier molecular flexibility index (Phi) is 3.55. The number of carboxylic acid groups (broad SMARTS) is 1. The maximum absolute atomic E-state index is 11.0. The van der Waals surface area contributed by atoms with Crippen molar-refractivity contribution in [2.75, 3.05) is 23.7 Å². The summed E-state index contributed by atoms with van der Waals surface area (Å²) >= 11 is 0. The van der Waals surface area contributed by atoms with E-state index in [0.29, 0.717) is 16.9 Å². The average Bonchev–Trinajstić information content (AvgIpc) is 2.19. The monoisotopic (exact) mass is 208 g/mol. The van der Waals surface area contributed by atoms with E-state index in [1.807, 2.05) is 18.7 Å². The number of hydrogen-bond acceptors (Lipinski definition) is 3. The van der Waals surface area contributed by atoms with E-state index < -0.39 is 5.97 Å². The van der Waals surface area contributed by atoms with Gasteiger partial charge in [-0.25, -0.2) is 4.79 Å². The molecule has 1 aromatic rings. The van der Waals surface area contributed by atoms with Crippen molar-refractivity contribution in [3.63, 3.8) is 0 Å². The van der Waals surface area contributed by atoms with Gasteiger partial charge < -0.3 is 15.7 Å². The molecule has 0 amide bonds. The molecule has 0 fully saturated rings. The number of aromatic carboxylic acids is 1. The average molecular weight is 208 g/mol. The van der Waals surface area contributed by atoms with Gasteiger partial charge in [0.05, 0.1) is 11.3 Å². The minimum Gasteiger partial charge on any atom is -0.478 e. The quantitative estimate of drug-likeness (QED) is 0.740. The number of nitrogens with zero attached hydrogens (tertiary/aromatic N) is 1. The fourth-order valence-electron chi connectivity index (χ4n) is 1.56. The normalized spacial score (nSPS) is 10.0. The van der Waals surface area contributed by atoms with Gasteiger partial charge in [-0.1, -0.05) is 0 Å². The molecule has 0 bridgehead atoms. The number of benzene rings is 1. The van der Waals surface area contributed by atoms with Gasteiger partial charge in [0.15, 0.2) is 0 Å². The molecule has 0 aliphatic rings. The van der Waals surface area contributed by atoms with Gasteiger partial charge in [0.25, 0.3) is 0 Å². The second-order valence-electron chi connectivity index (χ2n) is 3.25. The molecule has 0 unspecified atom stereocenters. The van der Waals surface area contributed by atoms with Gasteiger partial charge in [-0.3, -0.25) is 0 Å². The third-order valence-corrected chi connectivity index (χ3v) is 2.36. The zero-order valence-corrected chi connectivity index (χ0v) is 9.03. The van der Waals surface area contributed by atoms with Crippen molar-refractivity contribution in [3.05, 3.63) is 23.8 Å². The lowest BCUT2D eigenvalue weighted by molar-refractivity contribution is 0.0697. The van der Waals surface area contributed by atoms with Crippen molar-refractivity contribution in [1.82, 2.24) is 0 Å². The smallest absolute Gasteiger partial charge is 0.337 e. The topological polar surface area (TPSA) is 66.6 Å². The Morgan fingerprint density at radius 1 is 1.40 bits per heavy atom. The van der Waals surface area contributed by atoms with E-state index >= 15 is 0 Å². The summed E-state index contributed by atoms with van der Waals surface area (Å²) in [7, 11) is 0. The highest BCUT2D eigenvalue weighted by Gasteiger charge is 2.13. The molecule has 82 valence electrons. The van der Waals surface area contributed by atoms with Crippen LogP contribution < -0.4 is 10.6 Å². The van der Waals surface area contributed by atoms with Crippen LogP contribution in [0.1, 0.15) is 24.2 Å². The summed E-state index contributed by atoms with van der Waals surface area (Å²) < 4.78 is 0. The van der Waals surface area contributed by atoms with E-state index in [2.05, 4.69) is 0 Å². The number of hydrogen-bond donors (Lipinski definition) is 2. The molecule has 0 atom stereocenters. The molecule has 15 heavy (non-hydrogen) atoms. The van der Waals surface area contributed by atoms with Crippen LogP contribution >= 0.6 is 0 Å².